The number of rotatable bonds is 3. The van der Waals surface area contributed by atoms with Crippen molar-refractivity contribution in [2.45, 2.75) is 0 Å². The minimum Gasteiger partial charge on any atom is -0.334 e. The summed E-state index contributed by atoms with van der Waals surface area (Å²) in [6.45, 7) is 3.68. The summed E-state index contributed by atoms with van der Waals surface area (Å²) in [5, 5.41) is 4.72. The first-order valence-corrected chi connectivity index (χ1v) is 5.14. The van der Waals surface area contributed by atoms with Gasteiger partial charge in [-0.25, -0.2) is 13.6 Å². The maximum Gasteiger partial charge on any atom is 0.319 e. The number of urea groups is 1. The Balaban J connectivity index is 2.80. The second-order valence-electron chi connectivity index (χ2n) is 2.87. The van der Waals surface area contributed by atoms with E-state index in [9.17, 15) is 13.6 Å². The monoisotopic (exact) mass is 290 g/mol. The number of carbonyl (C=O) groups is 1. The summed E-state index contributed by atoms with van der Waals surface area (Å²) in [6, 6.07) is 1.17. The lowest BCUT2D eigenvalue weighted by atomic mass is 10.3. The topological polar surface area (TPSA) is 41.1 Å². The van der Waals surface area contributed by atoms with E-state index in [-0.39, 0.29) is 16.7 Å². The third-order valence-corrected chi connectivity index (χ3v) is 2.45. The van der Waals surface area contributed by atoms with Crippen molar-refractivity contribution in [2.75, 3.05) is 11.9 Å². The van der Waals surface area contributed by atoms with Crippen LogP contribution in [-0.2, 0) is 0 Å². The van der Waals surface area contributed by atoms with Gasteiger partial charge in [-0.2, -0.15) is 0 Å². The van der Waals surface area contributed by atoms with E-state index in [0.29, 0.717) is 0 Å². The van der Waals surface area contributed by atoms with E-state index >= 15 is 0 Å². The number of nitrogens with one attached hydrogen (secondary N) is 2. The molecule has 0 spiro atoms. The molecule has 0 atom stereocenters. The third kappa shape index (κ3) is 3.30. The van der Waals surface area contributed by atoms with E-state index in [4.69, 9.17) is 0 Å². The van der Waals surface area contributed by atoms with Gasteiger partial charge in [0.25, 0.3) is 0 Å². The molecule has 0 aromatic heterocycles. The van der Waals surface area contributed by atoms with Gasteiger partial charge in [-0.05, 0) is 22.0 Å². The average Bonchev–Trinajstić information content (AvgIpc) is 2.22. The summed E-state index contributed by atoms with van der Waals surface area (Å²) in [4.78, 5) is 11.2. The Kier molecular flexibility index (Phi) is 4.42. The zero-order valence-corrected chi connectivity index (χ0v) is 9.77. The molecule has 6 heteroatoms. The molecule has 0 unspecified atom stereocenters. The average molecular weight is 291 g/mol. The second kappa shape index (κ2) is 5.60. The molecule has 3 nitrogen and oxygen atoms in total. The quantitative estimate of drug-likeness (QED) is 0.652. The van der Waals surface area contributed by atoms with Gasteiger partial charge in [0.05, 0.1) is 10.2 Å². The van der Waals surface area contributed by atoms with Crippen LogP contribution < -0.4 is 10.6 Å². The molecule has 0 bridgehead atoms. The van der Waals surface area contributed by atoms with E-state index in [0.717, 1.165) is 12.1 Å². The molecule has 0 aliphatic heterocycles. The van der Waals surface area contributed by atoms with E-state index in [1.165, 1.54) is 6.08 Å². The summed E-state index contributed by atoms with van der Waals surface area (Å²) in [7, 11) is 0. The maximum absolute atomic E-state index is 13.1. The molecule has 1 aromatic carbocycles. The van der Waals surface area contributed by atoms with Crippen molar-refractivity contribution >= 4 is 27.6 Å². The molecule has 1 aromatic rings. The van der Waals surface area contributed by atoms with Crippen LogP contribution in [0.1, 0.15) is 0 Å². The summed E-state index contributed by atoms with van der Waals surface area (Å²) >= 11 is 2.91. The smallest absolute Gasteiger partial charge is 0.319 e. The SMILES string of the molecule is C=CCNC(=O)Nc1cc(F)cc(F)c1Br. The van der Waals surface area contributed by atoms with Crippen LogP contribution in [0.4, 0.5) is 19.3 Å². The van der Waals surface area contributed by atoms with Gasteiger partial charge in [0.15, 0.2) is 0 Å². The number of anilines is 1. The van der Waals surface area contributed by atoms with Gasteiger partial charge in [-0.1, -0.05) is 6.08 Å². The summed E-state index contributed by atoms with van der Waals surface area (Å²) in [6.07, 6.45) is 1.49. The van der Waals surface area contributed by atoms with Crippen molar-refractivity contribution in [2.24, 2.45) is 0 Å². The van der Waals surface area contributed by atoms with Crippen LogP contribution in [0, 0.1) is 11.6 Å². The van der Waals surface area contributed by atoms with Crippen LogP contribution in [0.5, 0.6) is 0 Å². The van der Waals surface area contributed by atoms with Crippen molar-refractivity contribution in [1.29, 1.82) is 0 Å². The number of amides is 2. The molecular formula is C10H9BrF2N2O. The number of hydrogen-bond donors (Lipinski definition) is 2. The number of halogens is 3. The number of benzene rings is 1. The summed E-state index contributed by atoms with van der Waals surface area (Å²) in [5.74, 6) is -1.54. The highest BCUT2D eigenvalue weighted by Gasteiger charge is 2.10. The van der Waals surface area contributed by atoms with Gasteiger partial charge in [0.1, 0.15) is 11.6 Å². The van der Waals surface area contributed by atoms with Crippen LogP contribution in [0.3, 0.4) is 0 Å². The molecule has 2 N–H and O–H groups in total. The number of carbonyl (C=O) groups excluding carboxylic acids is 1. The third-order valence-electron chi connectivity index (χ3n) is 1.65. The van der Waals surface area contributed by atoms with Crippen molar-refractivity contribution in [3.05, 3.63) is 40.9 Å². The molecule has 1 rings (SSSR count). The minimum atomic E-state index is -0.779. The Morgan fingerprint density at radius 1 is 1.50 bits per heavy atom. The predicted molar refractivity (Wildman–Crippen MR) is 61.3 cm³/mol. The van der Waals surface area contributed by atoms with Crippen molar-refractivity contribution in [1.82, 2.24) is 5.32 Å². The molecule has 16 heavy (non-hydrogen) atoms. The van der Waals surface area contributed by atoms with Gasteiger partial charge >= 0.3 is 6.03 Å². The van der Waals surface area contributed by atoms with Crippen LogP contribution in [0.25, 0.3) is 0 Å². The second-order valence-corrected chi connectivity index (χ2v) is 3.67. The lowest BCUT2D eigenvalue weighted by molar-refractivity contribution is 0.253. The minimum absolute atomic E-state index is 0.00246. The standard InChI is InChI=1S/C10H9BrF2N2O/c1-2-3-14-10(16)15-8-5-6(12)4-7(13)9(8)11/h2,4-5H,1,3H2,(H2,14,15,16). The zero-order valence-electron chi connectivity index (χ0n) is 8.19. The highest BCUT2D eigenvalue weighted by molar-refractivity contribution is 9.10. The van der Waals surface area contributed by atoms with Crippen LogP contribution in [0.2, 0.25) is 0 Å². The lowest BCUT2D eigenvalue weighted by Gasteiger charge is -2.08. The molecule has 0 heterocycles. The van der Waals surface area contributed by atoms with Gasteiger partial charge in [0, 0.05) is 12.6 Å². The van der Waals surface area contributed by atoms with Crippen LogP contribution in [0.15, 0.2) is 29.3 Å². The van der Waals surface area contributed by atoms with Crippen LogP contribution in [-0.4, -0.2) is 12.6 Å². The van der Waals surface area contributed by atoms with Crippen molar-refractivity contribution in [3.8, 4) is 0 Å². The predicted octanol–water partition coefficient (Wildman–Crippen LogP) is 3.03. The molecule has 0 radical (unpaired) electrons. The van der Waals surface area contributed by atoms with E-state index in [1.54, 1.807) is 0 Å². The molecule has 0 aliphatic rings. The lowest BCUT2D eigenvalue weighted by Crippen LogP contribution is -2.28. The maximum atomic E-state index is 13.1. The first kappa shape index (κ1) is 12.6. The van der Waals surface area contributed by atoms with Crippen molar-refractivity contribution in [3.63, 3.8) is 0 Å². The molecule has 2 amide bonds. The Morgan fingerprint density at radius 3 is 2.81 bits per heavy atom. The van der Waals surface area contributed by atoms with Gasteiger partial charge < -0.3 is 10.6 Å². The van der Waals surface area contributed by atoms with E-state index in [1.807, 2.05) is 0 Å². The van der Waals surface area contributed by atoms with Gasteiger partial charge in [-0.3, -0.25) is 0 Å². The number of hydrogen-bond acceptors (Lipinski definition) is 1. The van der Waals surface area contributed by atoms with E-state index in [2.05, 4.69) is 33.1 Å². The Bertz CT molecular complexity index is 424. The van der Waals surface area contributed by atoms with Gasteiger partial charge in [-0.15, -0.1) is 6.58 Å². The fraction of sp³-hybridized carbons (Fsp3) is 0.100. The highest BCUT2D eigenvalue weighted by atomic mass is 79.9. The first-order valence-electron chi connectivity index (χ1n) is 4.35. The Morgan fingerprint density at radius 2 is 2.19 bits per heavy atom. The molecule has 0 saturated heterocycles. The first-order chi connectivity index (χ1) is 7.54. The molecule has 0 aliphatic carbocycles. The fourth-order valence-corrected chi connectivity index (χ4v) is 1.31. The Labute approximate surface area is 99.7 Å². The molecule has 86 valence electrons. The highest BCUT2D eigenvalue weighted by Crippen LogP contribution is 2.26. The van der Waals surface area contributed by atoms with Gasteiger partial charge in [0.2, 0.25) is 0 Å². The molecular weight excluding hydrogens is 282 g/mol. The normalized spacial score (nSPS) is 9.69. The summed E-state index contributed by atoms with van der Waals surface area (Å²) < 4.78 is 25.9. The largest absolute Gasteiger partial charge is 0.334 e. The van der Waals surface area contributed by atoms with E-state index < -0.39 is 17.7 Å². The zero-order chi connectivity index (χ0) is 12.1. The summed E-state index contributed by atoms with van der Waals surface area (Å²) in [5.41, 5.74) is 0.0269. The molecule has 0 saturated carbocycles. The fourth-order valence-electron chi connectivity index (χ4n) is 0.978. The van der Waals surface area contributed by atoms with Crippen molar-refractivity contribution < 1.29 is 13.6 Å². The van der Waals surface area contributed by atoms with Crippen LogP contribution >= 0.6 is 15.9 Å². The Hall–Kier alpha value is -1.43. The molecule has 0 fully saturated rings.